The van der Waals surface area contributed by atoms with Gasteiger partial charge < -0.3 is 18.2 Å². The molecule has 0 aliphatic rings. The molecule has 0 aliphatic heterocycles. The third-order valence-electron chi connectivity index (χ3n) is 12.5. The van der Waals surface area contributed by atoms with Gasteiger partial charge in [0.1, 0.15) is 22.3 Å². The molecule has 0 aliphatic carbocycles. The number of benzene rings is 10. The second kappa shape index (κ2) is 13.6. The number of fused-ring (bicyclic) bond motifs is 11. The number of nitrogens with zero attached hydrogens (tertiary/aromatic N) is 1. The number of furan rings is 3. The van der Waals surface area contributed by atoms with Crippen molar-refractivity contribution >= 4 is 93.7 Å². The quantitative estimate of drug-likeness (QED) is 0.168. The molecule has 3 heterocycles. The Bertz CT molecular complexity index is 3850. The molecule has 4 nitrogen and oxygen atoms in total. The van der Waals surface area contributed by atoms with Gasteiger partial charge in [-0.05, 0) is 70.1 Å². The van der Waals surface area contributed by atoms with Gasteiger partial charge >= 0.3 is 0 Å². The van der Waals surface area contributed by atoms with E-state index in [0.29, 0.717) is 0 Å². The van der Waals surface area contributed by atoms with Crippen LogP contribution in [0.1, 0.15) is 0 Å². The fraction of sp³-hybridized carbons (Fsp3) is 0. The summed E-state index contributed by atoms with van der Waals surface area (Å²) in [6.45, 7) is 0. The Morgan fingerprint density at radius 3 is 1.56 bits per heavy atom. The first-order valence-corrected chi connectivity index (χ1v) is 21.0. The normalized spacial score (nSPS) is 11.9. The van der Waals surface area contributed by atoms with Crippen molar-refractivity contribution in [2.45, 2.75) is 0 Å². The molecule has 0 fully saturated rings. The van der Waals surface area contributed by atoms with E-state index in [-0.39, 0.29) is 0 Å². The molecule has 290 valence electrons. The molecule has 0 N–H and O–H groups in total. The van der Waals surface area contributed by atoms with Gasteiger partial charge in [0.05, 0.1) is 11.4 Å². The highest BCUT2D eigenvalue weighted by atomic mass is 16.3. The highest BCUT2D eigenvalue weighted by Crippen LogP contribution is 2.51. The van der Waals surface area contributed by atoms with Crippen LogP contribution in [0.4, 0.5) is 17.1 Å². The van der Waals surface area contributed by atoms with Crippen LogP contribution in [-0.2, 0) is 0 Å². The lowest BCUT2D eigenvalue weighted by Crippen LogP contribution is -2.12. The van der Waals surface area contributed by atoms with Gasteiger partial charge in [-0.3, -0.25) is 0 Å². The van der Waals surface area contributed by atoms with Crippen LogP contribution in [0.25, 0.3) is 110 Å². The second-order valence-corrected chi connectivity index (χ2v) is 16.0. The van der Waals surface area contributed by atoms with Crippen LogP contribution < -0.4 is 4.90 Å². The van der Waals surface area contributed by atoms with Crippen molar-refractivity contribution in [3.05, 3.63) is 212 Å². The minimum atomic E-state index is 0.797. The minimum absolute atomic E-state index is 0.797. The maximum absolute atomic E-state index is 7.23. The maximum atomic E-state index is 7.23. The summed E-state index contributed by atoms with van der Waals surface area (Å²) in [5.74, 6) is 0. The Hall–Kier alpha value is -8.34. The number of para-hydroxylation sites is 4. The maximum Gasteiger partial charge on any atom is 0.160 e. The van der Waals surface area contributed by atoms with Crippen LogP contribution in [0, 0.1) is 0 Å². The van der Waals surface area contributed by atoms with E-state index in [1.807, 2.05) is 24.3 Å². The third-order valence-corrected chi connectivity index (χ3v) is 12.5. The lowest BCUT2D eigenvalue weighted by atomic mass is 9.95. The molecular weight excluding hydrogens is 759 g/mol. The monoisotopic (exact) mass is 793 g/mol. The van der Waals surface area contributed by atoms with Crippen LogP contribution in [0.3, 0.4) is 0 Å². The largest absolute Gasteiger partial charge is 0.455 e. The number of rotatable bonds is 6. The third kappa shape index (κ3) is 5.27. The standard InChI is InChI=1S/C58H35NO3/c1-2-12-36(13-3-1)37-28-31-41(32-29-37)59(51-21-11-20-48-46-17-7-9-23-53(46)61-57(48)51)54-42(34-35-50-49-33-30-38-14-4-5-15-43(38)56(49)62-58(50)54)39-24-26-40(27-25-39)44-18-10-19-47-45-16-6-8-22-52(45)60-55(44)47/h1-35H. The zero-order chi connectivity index (χ0) is 40.7. The molecule has 62 heavy (non-hydrogen) atoms. The molecular formula is C58H35NO3. The Kier molecular flexibility index (Phi) is 7.57. The summed E-state index contributed by atoms with van der Waals surface area (Å²) in [5, 5.41) is 8.69. The molecule has 0 unspecified atom stereocenters. The number of hydrogen-bond donors (Lipinski definition) is 0. The van der Waals surface area contributed by atoms with E-state index in [1.165, 1.54) is 0 Å². The van der Waals surface area contributed by atoms with Crippen molar-refractivity contribution in [2.75, 3.05) is 4.90 Å². The van der Waals surface area contributed by atoms with Crippen LogP contribution in [-0.4, -0.2) is 0 Å². The fourth-order valence-electron chi connectivity index (χ4n) is 9.54. The van der Waals surface area contributed by atoms with E-state index >= 15 is 0 Å². The summed E-state index contributed by atoms with van der Waals surface area (Å²) in [7, 11) is 0. The first-order valence-electron chi connectivity index (χ1n) is 21.0. The lowest BCUT2D eigenvalue weighted by Gasteiger charge is -2.28. The Morgan fingerprint density at radius 1 is 0.274 bits per heavy atom. The zero-order valence-corrected chi connectivity index (χ0v) is 33.4. The van der Waals surface area contributed by atoms with Crippen molar-refractivity contribution in [1.82, 2.24) is 0 Å². The highest BCUT2D eigenvalue weighted by molar-refractivity contribution is 6.20. The van der Waals surface area contributed by atoms with Crippen molar-refractivity contribution in [3.8, 4) is 33.4 Å². The average molecular weight is 794 g/mol. The van der Waals surface area contributed by atoms with Gasteiger partial charge in [-0.25, -0.2) is 0 Å². The molecule has 0 radical (unpaired) electrons. The van der Waals surface area contributed by atoms with E-state index in [4.69, 9.17) is 13.3 Å². The van der Waals surface area contributed by atoms with E-state index in [9.17, 15) is 0 Å². The van der Waals surface area contributed by atoms with Crippen LogP contribution in [0.2, 0.25) is 0 Å². The highest BCUT2D eigenvalue weighted by Gasteiger charge is 2.27. The minimum Gasteiger partial charge on any atom is -0.455 e. The van der Waals surface area contributed by atoms with E-state index in [0.717, 1.165) is 127 Å². The smallest absolute Gasteiger partial charge is 0.160 e. The first-order chi connectivity index (χ1) is 30.7. The molecule has 0 amide bonds. The van der Waals surface area contributed by atoms with Crippen molar-refractivity contribution in [3.63, 3.8) is 0 Å². The lowest BCUT2D eigenvalue weighted by molar-refractivity contribution is 0.667. The van der Waals surface area contributed by atoms with Crippen molar-refractivity contribution in [2.24, 2.45) is 0 Å². The molecule has 4 heteroatoms. The number of hydrogen-bond acceptors (Lipinski definition) is 4. The van der Waals surface area contributed by atoms with Gasteiger partial charge in [-0.1, -0.05) is 170 Å². The van der Waals surface area contributed by atoms with Crippen molar-refractivity contribution < 1.29 is 13.3 Å². The summed E-state index contributed by atoms with van der Waals surface area (Å²) in [5.41, 5.74) is 14.4. The molecule has 13 aromatic rings. The van der Waals surface area contributed by atoms with Gasteiger partial charge in [-0.2, -0.15) is 0 Å². The molecule has 3 aromatic heterocycles. The predicted molar refractivity (Wildman–Crippen MR) is 257 cm³/mol. The van der Waals surface area contributed by atoms with Crippen LogP contribution in [0.15, 0.2) is 226 Å². The Balaban J connectivity index is 1.08. The second-order valence-electron chi connectivity index (χ2n) is 16.0. The molecule has 13 rings (SSSR count). The molecule has 0 spiro atoms. The van der Waals surface area contributed by atoms with Gasteiger partial charge in [0, 0.05) is 54.5 Å². The number of anilines is 3. The van der Waals surface area contributed by atoms with Gasteiger partial charge in [-0.15, -0.1) is 0 Å². The van der Waals surface area contributed by atoms with Crippen LogP contribution in [0.5, 0.6) is 0 Å². The molecule has 0 atom stereocenters. The average Bonchev–Trinajstić information content (AvgIpc) is 4.04. The molecule has 0 bridgehead atoms. The summed E-state index contributed by atoms with van der Waals surface area (Å²) in [6.07, 6.45) is 0. The van der Waals surface area contributed by atoms with Crippen molar-refractivity contribution in [1.29, 1.82) is 0 Å². The Labute approximate surface area is 356 Å². The molecule has 0 saturated carbocycles. The topological polar surface area (TPSA) is 42.7 Å². The predicted octanol–water partition coefficient (Wildman–Crippen LogP) is 17.0. The Morgan fingerprint density at radius 2 is 0.806 bits per heavy atom. The van der Waals surface area contributed by atoms with Crippen LogP contribution >= 0.6 is 0 Å². The van der Waals surface area contributed by atoms with Gasteiger partial charge in [0.15, 0.2) is 11.2 Å². The summed E-state index contributed by atoms with van der Waals surface area (Å²) in [4.78, 5) is 2.34. The SMILES string of the molecule is c1ccc(-c2ccc(N(c3cccc4c3oc3ccccc34)c3c(-c4ccc(-c5cccc6c5oc5ccccc56)cc4)ccc4c3oc3c5ccccc5ccc43)cc2)cc1. The summed E-state index contributed by atoms with van der Waals surface area (Å²) >= 11 is 0. The van der Waals surface area contributed by atoms with Gasteiger partial charge in [0.2, 0.25) is 0 Å². The van der Waals surface area contributed by atoms with Gasteiger partial charge in [0.25, 0.3) is 0 Å². The van der Waals surface area contributed by atoms with E-state index < -0.39 is 0 Å². The first kappa shape index (κ1) is 34.5. The fourth-order valence-corrected chi connectivity index (χ4v) is 9.54. The van der Waals surface area contributed by atoms with E-state index in [1.54, 1.807) is 0 Å². The zero-order valence-electron chi connectivity index (χ0n) is 33.4. The van der Waals surface area contributed by atoms with E-state index in [2.05, 4.69) is 193 Å². The summed E-state index contributed by atoms with van der Waals surface area (Å²) in [6, 6.07) is 74.9. The summed E-state index contributed by atoms with van der Waals surface area (Å²) < 4.78 is 20.5. The molecule has 0 saturated heterocycles. The molecule has 10 aromatic carbocycles.